The van der Waals surface area contributed by atoms with Crippen molar-refractivity contribution < 1.29 is 0 Å². The van der Waals surface area contributed by atoms with Gasteiger partial charge in [0.15, 0.2) is 0 Å². The maximum atomic E-state index is 6.26. The molecule has 0 unspecified atom stereocenters. The van der Waals surface area contributed by atoms with E-state index in [1.165, 1.54) is 48.6 Å². The van der Waals surface area contributed by atoms with E-state index in [9.17, 15) is 0 Å². The standard InChI is InChI=1S/C24H14ClN/c25-15-10-12-20-21(13-15)26-24-19-8-4-3-7-17(19)18-11-9-14-5-1-2-6-16(14)22(18)23(20)24/h1-13,26H. The van der Waals surface area contributed by atoms with Crippen molar-refractivity contribution in [1.82, 2.24) is 4.98 Å². The SMILES string of the molecule is Clc1ccc2c(c1)[nH]c1c3ccccc3c3ccc4ccccc4c3c21. The molecule has 0 aliphatic rings. The van der Waals surface area contributed by atoms with Gasteiger partial charge >= 0.3 is 0 Å². The molecule has 0 atom stereocenters. The zero-order valence-electron chi connectivity index (χ0n) is 13.9. The molecule has 0 amide bonds. The van der Waals surface area contributed by atoms with Gasteiger partial charge in [0.2, 0.25) is 0 Å². The molecule has 1 heterocycles. The van der Waals surface area contributed by atoms with E-state index in [1.54, 1.807) is 0 Å². The van der Waals surface area contributed by atoms with Crippen LogP contribution in [0.3, 0.4) is 0 Å². The smallest absolute Gasteiger partial charge is 0.0551 e. The molecule has 0 bridgehead atoms. The number of benzene rings is 5. The Balaban J connectivity index is 2.06. The van der Waals surface area contributed by atoms with Crippen molar-refractivity contribution in [2.45, 2.75) is 0 Å². The van der Waals surface area contributed by atoms with Crippen LogP contribution in [0.5, 0.6) is 0 Å². The number of rotatable bonds is 0. The Morgan fingerprint density at radius 2 is 1.31 bits per heavy atom. The van der Waals surface area contributed by atoms with Gasteiger partial charge in [-0.25, -0.2) is 0 Å². The molecule has 122 valence electrons. The second-order valence-corrected chi connectivity index (χ2v) is 7.26. The van der Waals surface area contributed by atoms with Crippen LogP contribution < -0.4 is 0 Å². The summed E-state index contributed by atoms with van der Waals surface area (Å²) in [6.07, 6.45) is 0. The first kappa shape index (κ1) is 14.2. The van der Waals surface area contributed by atoms with Gasteiger partial charge < -0.3 is 4.98 Å². The van der Waals surface area contributed by atoms with Crippen molar-refractivity contribution in [2.24, 2.45) is 0 Å². The molecule has 0 fully saturated rings. The van der Waals surface area contributed by atoms with E-state index in [2.05, 4.69) is 71.7 Å². The number of hydrogen-bond acceptors (Lipinski definition) is 0. The Morgan fingerprint density at radius 1 is 0.577 bits per heavy atom. The molecule has 0 spiro atoms. The highest BCUT2D eigenvalue weighted by molar-refractivity contribution is 6.37. The lowest BCUT2D eigenvalue weighted by atomic mass is 9.93. The highest BCUT2D eigenvalue weighted by atomic mass is 35.5. The minimum absolute atomic E-state index is 0.752. The van der Waals surface area contributed by atoms with E-state index in [1.807, 2.05) is 12.1 Å². The molecule has 26 heavy (non-hydrogen) atoms. The maximum absolute atomic E-state index is 6.26. The summed E-state index contributed by atoms with van der Waals surface area (Å²) in [6.45, 7) is 0. The molecule has 1 aromatic heterocycles. The van der Waals surface area contributed by atoms with Crippen molar-refractivity contribution in [1.29, 1.82) is 0 Å². The first-order valence-electron chi connectivity index (χ1n) is 8.74. The van der Waals surface area contributed by atoms with E-state index in [0.717, 1.165) is 10.5 Å². The molecule has 0 radical (unpaired) electrons. The number of H-pyrrole nitrogens is 1. The first-order chi connectivity index (χ1) is 12.8. The fourth-order valence-electron chi connectivity index (χ4n) is 4.33. The first-order valence-corrected chi connectivity index (χ1v) is 9.12. The molecule has 0 aliphatic carbocycles. The van der Waals surface area contributed by atoms with E-state index in [4.69, 9.17) is 11.6 Å². The fourth-order valence-corrected chi connectivity index (χ4v) is 4.50. The van der Waals surface area contributed by atoms with E-state index >= 15 is 0 Å². The van der Waals surface area contributed by atoms with E-state index < -0.39 is 0 Å². The van der Waals surface area contributed by atoms with Crippen LogP contribution in [0.15, 0.2) is 78.9 Å². The molecule has 0 saturated heterocycles. The Morgan fingerprint density at radius 3 is 2.19 bits per heavy atom. The van der Waals surface area contributed by atoms with E-state index in [0.29, 0.717) is 0 Å². The lowest BCUT2D eigenvalue weighted by Crippen LogP contribution is -1.83. The molecule has 1 N–H and O–H groups in total. The second-order valence-electron chi connectivity index (χ2n) is 6.82. The summed E-state index contributed by atoms with van der Waals surface area (Å²) in [5.41, 5.74) is 2.26. The van der Waals surface area contributed by atoms with Gasteiger partial charge in [0, 0.05) is 32.1 Å². The quantitative estimate of drug-likeness (QED) is 0.274. The number of aromatic amines is 1. The van der Waals surface area contributed by atoms with E-state index in [-0.39, 0.29) is 0 Å². The zero-order valence-corrected chi connectivity index (χ0v) is 14.6. The van der Waals surface area contributed by atoms with Gasteiger partial charge in [0.25, 0.3) is 0 Å². The van der Waals surface area contributed by atoms with Crippen molar-refractivity contribution in [2.75, 3.05) is 0 Å². The van der Waals surface area contributed by atoms with Gasteiger partial charge in [-0.1, -0.05) is 78.3 Å². The molecule has 6 aromatic rings. The van der Waals surface area contributed by atoms with Gasteiger partial charge in [-0.3, -0.25) is 0 Å². The summed E-state index contributed by atoms with van der Waals surface area (Å²) in [6, 6.07) is 27.9. The molecule has 0 saturated carbocycles. The van der Waals surface area contributed by atoms with Gasteiger partial charge in [-0.05, 0) is 33.7 Å². The zero-order chi connectivity index (χ0) is 17.3. The van der Waals surface area contributed by atoms with Crippen LogP contribution in [0.4, 0.5) is 0 Å². The summed E-state index contributed by atoms with van der Waals surface area (Å²) in [7, 11) is 0. The number of aromatic nitrogens is 1. The predicted molar refractivity (Wildman–Crippen MR) is 113 cm³/mol. The summed E-state index contributed by atoms with van der Waals surface area (Å²) in [5.74, 6) is 0. The van der Waals surface area contributed by atoms with Crippen LogP contribution >= 0.6 is 11.6 Å². The molecule has 2 heteroatoms. The minimum atomic E-state index is 0.752. The summed E-state index contributed by atoms with van der Waals surface area (Å²) in [5, 5.41) is 10.9. The van der Waals surface area contributed by atoms with Crippen LogP contribution in [0.1, 0.15) is 0 Å². The van der Waals surface area contributed by atoms with Crippen LogP contribution in [-0.4, -0.2) is 4.98 Å². The van der Waals surface area contributed by atoms with Crippen LogP contribution in [-0.2, 0) is 0 Å². The highest BCUT2D eigenvalue weighted by Crippen LogP contribution is 2.42. The summed E-state index contributed by atoms with van der Waals surface area (Å²) >= 11 is 6.26. The Kier molecular flexibility index (Phi) is 2.72. The minimum Gasteiger partial charge on any atom is -0.354 e. The number of hydrogen-bond donors (Lipinski definition) is 1. The predicted octanol–water partition coefficient (Wildman–Crippen LogP) is 7.43. The molecule has 5 aromatic carbocycles. The van der Waals surface area contributed by atoms with Gasteiger partial charge in [0.05, 0.1) is 5.52 Å². The lowest BCUT2D eigenvalue weighted by molar-refractivity contribution is 1.56. The average Bonchev–Trinajstić information content (AvgIpc) is 3.06. The van der Waals surface area contributed by atoms with Gasteiger partial charge in [0.1, 0.15) is 0 Å². The third kappa shape index (κ3) is 1.76. The van der Waals surface area contributed by atoms with Crippen LogP contribution in [0, 0.1) is 0 Å². The van der Waals surface area contributed by atoms with Crippen LogP contribution in [0.25, 0.3) is 54.1 Å². The second kappa shape index (κ2) is 5.00. The third-order valence-electron chi connectivity index (χ3n) is 5.43. The van der Waals surface area contributed by atoms with Crippen molar-refractivity contribution in [3.8, 4) is 0 Å². The Labute approximate surface area is 154 Å². The average molecular weight is 352 g/mol. The van der Waals surface area contributed by atoms with Crippen molar-refractivity contribution in [3.63, 3.8) is 0 Å². The monoisotopic (exact) mass is 351 g/mol. The number of halogens is 1. The summed E-state index contributed by atoms with van der Waals surface area (Å²) < 4.78 is 0. The van der Waals surface area contributed by atoms with Crippen molar-refractivity contribution >= 4 is 65.7 Å². The molecule has 1 nitrogen and oxygen atoms in total. The normalized spacial score (nSPS) is 12.0. The highest BCUT2D eigenvalue weighted by Gasteiger charge is 2.15. The van der Waals surface area contributed by atoms with Gasteiger partial charge in [-0.15, -0.1) is 0 Å². The molecule has 0 aliphatic heterocycles. The largest absolute Gasteiger partial charge is 0.354 e. The van der Waals surface area contributed by atoms with Crippen molar-refractivity contribution in [3.05, 3.63) is 83.9 Å². The third-order valence-corrected chi connectivity index (χ3v) is 5.66. The maximum Gasteiger partial charge on any atom is 0.0551 e. The topological polar surface area (TPSA) is 15.8 Å². The number of fused-ring (bicyclic) bond motifs is 10. The van der Waals surface area contributed by atoms with Gasteiger partial charge in [-0.2, -0.15) is 0 Å². The Bertz CT molecular complexity index is 1490. The molecule has 6 rings (SSSR count). The van der Waals surface area contributed by atoms with Crippen LogP contribution in [0.2, 0.25) is 5.02 Å². The summed E-state index contributed by atoms with van der Waals surface area (Å²) in [4.78, 5) is 3.63. The Hall–Kier alpha value is -3.03. The number of nitrogens with one attached hydrogen (secondary N) is 1. The fraction of sp³-hybridized carbons (Fsp3) is 0. The molecular weight excluding hydrogens is 338 g/mol. The lowest BCUT2D eigenvalue weighted by Gasteiger charge is -2.10. The molecular formula is C24H14ClN.